The highest BCUT2D eigenvalue weighted by molar-refractivity contribution is 14.0. The molecule has 0 bridgehead atoms. The summed E-state index contributed by atoms with van der Waals surface area (Å²) < 4.78 is 2.26. The lowest BCUT2D eigenvalue weighted by atomic mass is 10.1. The van der Waals surface area contributed by atoms with E-state index in [-0.39, 0.29) is 29.5 Å². The van der Waals surface area contributed by atoms with Crippen LogP contribution in [0.2, 0.25) is 0 Å². The Balaban J connectivity index is 0.00000220. The number of fused-ring (bicyclic) bond motifs is 1. The smallest absolute Gasteiger partial charge is 0.188 e. The predicted octanol–water partition coefficient (Wildman–Crippen LogP) is 1.87. The van der Waals surface area contributed by atoms with Crippen LogP contribution in [0.5, 0.6) is 0 Å². The van der Waals surface area contributed by atoms with E-state index < -0.39 is 0 Å². The van der Waals surface area contributed by atoms with Crippen LogP contribution in [0.15, 0.2) is 4.99 Å². The second kappa shape index (κ2) is 7.95. The number of guanidine groups is 1. The van der Waals surface area contributed by atoms with Gasteiger partial charge in [0.25, 0.3) is 0 Å². The quantitative estimate of drug-likeness (QED) is 0.456. The maximum Gasteiger partial charge on any atom is 0.188 e. The van der Waals surface area contributed by atoms with Crippen LogP contribution in [0.25, 0.3) is 0 Å². The molecule has 0 amide bonds. The topological polar surface area (TPSA) is 81.1 Å². The van der Waals surface area contributed by atoms with Gasteiger partial charge in [-0.3, -0.25) is 4.99 Å². The number of nitrogens with zero attached hydrogens (tertiary/aromatic N) is 4. The molecule has 6 nitrogen and oxygen atoms in total. The van der Waals surface area contributed by atoms with Gasteiger partial charge in [0, 0.05) is 31.5 Å². The lowest BCUT2D eigenvalue weighted by Gasteiger charge is -2.20. The molecule has 0 spiro atoms. The van der Waals surface area contributed by atoms with Crippen LogP contribution < -0.4 is 11.1 Å². The van der Waals surface area contributed by atoms with Crippen molar-refractivity contribution >= 4 is 29.9 Å². The summed E-state index contributed by atoms with van der Waals surface area (Å²) in [6.07, 6.45) is 5.56. The minimum Gasteiger partial charge on any atom is -0.370 e. The highest BCUT2D eigenvalue weighted by Crippen LogP contribution is 2.14. The number of aromatic nitrogens is 3. The maximum atomic E-state index is 5.86. The maximum absolute atomic E-state index is 5.86. The molecule has 1 aliphatic heterocycles. The first-order valence-electron chi connectivity index (χ1n) is 7.45. The molecule has 21 heavy (non-hydrogen) atoms. The molecule has 0 unspecified atom stereocenters. The molecule has 7 heteroatoms. The van der Waals surface area contributed by atoms with E-state index >= 15 is 0 Å². The molecule has 2 rings (SSSR count). The molecule has 0 aliphatic carbocycles. The van der Waals surface area contributed by atoms with Gasteiger partial charge in [0.1, 0.15) is 11.6 Å². The summed E-state index contributed by atoms with van der Waals surface area (Å²) in [4.78, 5) is 4.36. The molecule has 0 saturated heterocycles. The summed E-state index contributed by atoms with van der Waals surface area (Å²) >= 11 is 0. The third kappa shape index (κ3) is 5.80. The van der Waals surface area contributed by atoms with Crippen molar-refractivity contribution in [2.75, 3.05) is 6.54 Å². The second-order valence-corrected chi connectivity index (χ2v) is 6.39. The monoisotopic (exact) mass is 406 g/mol. The van der Waals surface area contributed by atoms with Crippen molar-refractivity contribution in [2.45, 2.75) is 65.0 Å². The minimum atomic E-state index is -0.0560. The van der Waals surface area contributed by atoms with Gasteiger partial charge in [-0.05, 0) is 33.6 Å². The van der Waals surface area contributed by atoms with E-state index in [2.05, 4.69) is 45.8 Å². The average molecular weight is 406 g/mol. The Bertz CT molecular complexity index is 474. The first-order valence-corrected chi connectivity index (χ1v) is 7.45. The SMILES string of the molecule is CC(C)(C)NC(N)=NCCc1nnc2n1CCCCC2.I. The number of rotatable bonds is 3. The first-order chi connectivity index (χ1) is 9.46. The lowest BCUT2D eigenvalue weighted by molar-refractivity contribution is 0.508. The predicted molar refractivity (Wildman–Crippen MR) is 96.1 cm³/mol. The van der Waals surface area contributed by atoms with E-state index in [9.17, 15) is 0 Å². The van der Waals surface area contributed by atoms with Gasteiger partial charge in [-0.15, -0.1) is 34.2 Å². The Morgan fingerprint density at radius 3 is 2.76 bits per heavy atom. The third-order valence-corrected chi connectivity index (χ3v) is 3.31. The van der Waals surface area contributed by atoms with Crippen molar-refractivity contribution < 1.29 is 0 Å². The average Bonchev–Trinajstić information content (AvgIpc) is 2.57. The zero-order valence-corrected chi connectivity index (χ0v) is 15.6. The molecular weight excluding hydrogens is 379 g/mol. The van der Waals surface area contributed by atoms with Crippen molar-refractivity contribution in [2.24, 2.45) is 10.7 Å². The lowest BCUT2D eigenvalue weighted by Crippen LogP contribution is -2.45. The van der Waals surface area contributed by atoms with E-state index in [1.54, 1.807) is 0 Å². The van der Waals surface area contributed by atoms with E-state index in [4.69, 9.17) is 5.73 Å². The fourth-order valence-corrected chi connectivity index (χ4v) is 2.43. The summed E-state index contributed by atoms with van der Waals surface area (Å²) in [5, 5.41) is 11.7. The van der Waals surface area contributed by atoms with Crippen LogP contribution in [-0.2, 0) is 19.4 Å². The van der Waals surface area contributed by atoms with Crippen molar-refractivity contribution in [3.05, 3.63) is 11.6 Å². The molecule has 1 aromatic rings. The van der Waals surface area contributed by atoms with Gasteiger partial charge >= 0.3 is 0 Å². The van der Waals surface area contributed by atoms with Gasteiger partial charge in [-0.25, -0.2) is 0 Å². The fourth-order valence-electron chi connectivity index (χ4n) is 2.43. The molecule has 2 heterocycles. The summed E-state index contributed by atoms with van der Waals surface area (Å²) in [6, 6.07) is 0. The van der Waals surface area contributed by atoms with Crippen LogP contribution >= 0.6 is 24.0 Å². The molecule has 1 aromatic heterocycles. The van der Waals surface area contributed by atoms with Crippen molar-refractivity contribution in [3.63, 3.8) is 0 Å². The molecule has 0 atom stereocenters. The van der Waals surface area contributed by atoms with Crippen LogP contribution in [0.4, 0.5) is 0 Å². The summed E-state index contributed by atoms with van der Waals surface area (Å²) in [5.41, 5.74) is 5.80. The van der Waals surface area contributed by atoms with Crippen molar-refractivity contribution in [1.82, 2.24) is 20.1 Å². The Kier molecular flexibility index (Phi) is 6.89. The second-order valence-electron chi connectivity index (χ2n) is 6.39. The van der Waals surface area contributed by atoms with Crippen LogP contribution in [0.3, 0.4) is 0 Å². The summed E-state index contributed by atoms with van der Waals surface area (Å²) in [7, 11) is 0. The fraction of sp³-hybridized carbons (Fsp3) is 0.786. The van der Waals surface area contributed by atoms with Gasteiger partial charge in [0.15, 0.2) is 5.96 Å². The van der Waals surface area contributed by atoms with Crippen molar-refractivity contribution in [1.29, 1.82) is 0 Å². The van der Waals surface area contributed by atoms with Crippen molar-refractivity contribution in [3.8, 4) is 0 Å². The number of aliphatic imine (C=N–C) groups is 1. The molecule has 0 saturated carbocycles. The Morgan fingerprint density at radius 2 is 2.05 bits per heavy atom. The number of hydrogen-bond acceptors (Lipinski definition) is 3. The number of aryl methyl sites for hydroxylation is 1. The standard InChI is InChI=1S/C14H26N6.HI/c1-14(2,3)17-13(15)16-9-8-12-19-18-11-7-5-4-6-10-20(11)12;/h4-10H2,1-3H3,(H3,15,16,17);1H. The molecule has 0 radical (unpaired) electrons. The minimum absolute atomic E-state index is 0. The zero-order valence-electron chi connectivity index (χ0n) is 13.2. The zero-order chi connectivity index (χ0) is 14.6. The van der Waals surface area contributed by atoms with Crippen LogP contribution in [0, 0.1) is 0 Å². The molecule has 0 fully saturated rings. The highest BCUT2D eigenvalue weighted by Gasteiger charge is 2.14. The molecule has 0 aromatic carbocycles. The molecule has 1 aliphatic rings. The van der Waals surface area contributed by atoms with Crippen LogP contribution in [0.1, 0.15) is 51.7 Å². The summed E-state index contributed by atoms with van der Waals surface area (Å²) in [5.74, 6) is 2.66. The molecule has 120 valence electrons. The van der Waals surface area contributed by atoms with E-state index in [0.717, 1.165) is 31.0 Å². The first kappa shape index (κ1) is 18.2. The van der Waals surface area contributed by atoms with E-state index in [1.165, 1.54) is 19.3 Å². The summed E-state index contributed by atoms with van der Waals surface area (Å²) in [6.45, 7) is 7.87. The van der Waals surface area contributed by atoms with Gasteiger partial charge < -0.3 is 15.6 Å². The van der Waals surface area contributed by atoms with Gasteiger partial charge in [0.2, 0.25) is 0 Å². The van der Waals surface area contributed by atoms with E-state index in [0.29, 0.717) is 12.5 Å². The highest BCUT2D eigenvalue weighted by atomic mass is 127. The third-order valence-electron chi connectivity index (χ3n) is 3.31. The Morgan fingerprint density at radius 1 is 1.29 bits per heavy atom. The molecule has 3 N–H and O–H groups in total. The Hall–Kier alpha value is -0.860. The van der Waals surface area contributed by atoms with Gasteiger partial charge in [0.05, 0.1) is 0 Å². The Labute approximate surface area is 144 Å². The number of nitrogens with two attached hydrogens (primary N) is 1. The molecular formula is C14H27IN6. The van der Waals surface area contributed by atoms with Gasteiger partial charge in [-0.2, -0.15) is 0 Å². The largest absolute Gasteiger partial charge is 0.370 e. The van der Waals surface area contributed by atoms with Gasteiger partial charge in [-0.1, -0.05) is 6.42 Å². The number of hydrogen-bond donors (Lipinski definition) is 2. The van der Waals surface area contributed by atoms with Crippen LogP contribution in [-0.4, -0.2) is 32.8 Å². The normalized spacial score (nSPS) is 15.9. The number of halogens is 1. The number of nitrogens with one attached hydrogen (secondary N) is 1. The van der Waals surface area contributed by atoms with E-state index in [1.807, 2.05) is 0 Å².